The lowest BCUT2D eigenvalue weighted by atomic mass is 10.4. The standard InChI is InChI=1S/C7H14N2O3S/c1-5(10)9-2-3-13-4-6(8)7(11)12/h6H,2-4,8H2,1H3,(H,9,10)(H,11,12)/t6-/m0/s1. The molecule has 0 saturated heterocycles. The highest BCUT2D eigenvalue weighted by Crippen LogP contribution is 2.00. The predicted molar refractivity (Wildman–Crippen MR) is 51.6 cm³/mol. The molecule has 0 fully saturated rings. The number of hydrogen-bond donors (Lipinski definition) is 3. The van der Waals surface area contributed by atoms with E-state index in [1.165, 1.54) is 18.7 Å². The minimum atomic E-state index is -0.993. The van der Waals surface area contributed by atoms with E-state index in [1.54, 1.807) is 0 Å². The summed E-state index contributed by atoms with van der Waals surface area (Å²) in [6.07, 6.45) is 0. The van der Waals surface area contributed by atoms with E-state index in [4.69, 9.17) is 10.8 Å². The average molecular weight is 206 g/mol. The number of nitrogens with one attached hydrogen (secondary N) is 1. The molecular weight excluding hydrogens is 192 g/mol. The van der Waals surface area contributed by atoms with Gasteiger partial charge in [0, 0.05) is 25.0 Å². The Balaban J connectivity index is 3.26. The molecule has 13 heavy (non-hydrogen) atoms. The van der Waals surface area contributed by atoms with E-state index in [9.17, 15) is 9.59 Å². The maximum Gasteiger partial charge on any atom is 0.321 e. The molecule has 76 valence electrons. The van der Waals surface area contributed by atoms with Gasteiger partial charge in [-0.25, -0.2) is 0 Å². The topological polar surface area (TPSA) is 92.4 Å². The first-order valence-electron chi connectivity index (χ1n) is 3.84. The fraction of sp³-hybridized carbons (Fsp3) is 0.714. The van der Waals surface area contributed by atoms with Crippen molar-refractivity contribution < 1.29 is 14.7 Å². The molecule has 6 heteroatoms. The number of thioether (sulfide) groups is 1. The lowest BCUT2D eigenvalue weighted by Crippen LogP contribution is -2.33. The summed E-state index contributed by atoms with van der Waals surface area (Å²) in [6.45, 7) is 1.99. The fourth-order valence-electron chi connectivity index (χ4n) is 0.581. The first-order valence-corrected chi connectivity index (χ1v) is 5.00. The Morgan fingerprint density at radius 3 is 2.69 bits per heavy atom. The van der Waals surface area contributed by atoms with Gasteiger partial charge >= 0.3 is 5.97 Å². The van der Waals surface area contributed by atoms with Crippen LogP contribution in [-0.2, 0) is 9.59 Å². The number of carbonyl (C=O) groups excluding carboxylic acids is 1. The van der Waals surface area contributed by atoms with Gasteiger partial charge in [0.25, 0.3) is 0 Å². The number of carboxylic acid groups (broad SMARTS) is 1. The predicted octanol–water partition coefficient (Wildman–Crippen LogP) is -0.732. The molecule has 0 unspecified atom stereocenters. The van der Waals surface area contributed by atoms with E-state index >= 15 is 0 Å². The van der Waals surface area contributed by atoms with E-state index in [1.807, 2.05) is 0 Å². The van der Waals surface area contributed by atoms with Crippen molar-refractivity contribution in [3.05, 3.63) is 0 Å². The van der Waals surface area contributed by atoms with Crippen LogP contribution in [0.3, 0.4) is 0 Å². The number of amides is 1. The van der Waals surface area contributed by atoms with E-state index in [2.05, 4.69) is 5.32 Å². The molecule has 5 nitrogen and oxygen atoms in total. The number of carbonyl (C=O) groups is 2. The summed E-state index contributed by atoms with van der Waals surface area (Å²) in [6, 6.07) is -0.817. The summed E-state index contributed by atoms with van der Waals surface area (Å²) in [5.74, 6) is -0.0229. The maximum atomic E-state index is 10.4. The van der Waals surface area contributed by atoms with Crippen LogP contribution in [0.4, 0.5) is 0 Å². The number of carboxylic acids is 1. The van der Waals surface area contributed by atoms with E-state index < -0.39 is 12.0 Å². The van der Waals surface area contributed by atoms with Crippen LogP contribution in [0.15, 0.2) is 0 Å². The molecule has 0 rings (SSSR count). The number of rotatable bonds is 6. The first kappa shape index (κ1) is 12.2. The third-order valence-corrected chi connectivity index (χ3v) is 2.32. The monoisotopic (exact) mass is 206 g/mol. The minimum Gasteiger partial charge on any atom is -0.480 e. The summed E-state index contributed by atoms with van der Waals surface area (Å²) in [5, 5.41) is 11.0. The Bertz CT molecular complexity index is 187. The largest absolute Gasteiger partial charge is 0.480 e. The lowest BCUT2D eigenvalue weighted by Gasteiger charge is -2.05. The summed E-state index contributed by atoms with van der Waals surface area (Å²) in [5.41, 5.74) is 5.25. The number of hydrogen-bond acceptors (Lipinski definition) is 4. The van der Waals surface area contributed by atoms with Crippen LogP contribution >= 0.6 is 11.8 Å². The number of nitrogens with two attached hydrogens (primary N) is 1. The van der Waals surface area contributed by atoms with Crippen LogP contribution in [-0.4, -0.2) is 41.1 Å². The van der Waals surface area contributed by atoms with Crippen LogP contribution in [0, 0.1) is 0 Å². The Labute approximate surface area is 81.1 Å². The maximum absolute atomic E-state index is 10.4. The normalized spacial score (nSPS) is 12.2. The van der Waals surface area contributed by atoms with Crippen LogP contribution in [0.25, 0.3) is 0 Å². The van der Waals surface area contributed by atoms with Gasteiger partial charge in [-0.3, -0.25) is 9.59 Å². The minimum absolute atomic E-state index is 0.0804. The zero-order valence-electron chi connectivity index (χ0n) is 7.45. The van der Waals surface area contributed by atoms with Gasteiger partial charge in [-0.05, 0) is 0 Å². The molecule has 0 bridgehead atoms. The Hall–Kier alpha value is -0.750. The molecule has 0 aromatic carbocycles. The zero-order valence-corrected chi connectivity index (χ0v) is 8.26. The second-order valence-corrected chi connectivity index (χ2v) is 3.65. The second kappa shape index (κ2) is 6.73. The molecule has 0 aliphatic rings. The lowest BCUT2D eigenvalue weighted by molar-refractivity contribution is -0.137. The number of aliphatic carboxylic acids is 1. The van der Waals surface area contributed by atoms with Gasteiger partial charge < -0.3 is 16.2 Å². The van der Waals surface area contributed by atoms with Gasteiger partial charge in [-0.2, -0.15) is 11.8 Å². The van der Waals surface area contributed by atoms with Crippen molar-refractivity contribution in [1.82, 2.24) is 5.32 Å². The van der Waals surface area contributed by atoms with Gasteiger partial charge in [0.2, 0.25) is 5.91 Å². The molecule has 1 amide bonds. The van der Waals surface area contributed by atoms with Gasteiger partial charge in [-0.1, -0.05) is 0 Å². The van der Waals surface area contributed by atoms with Gasteiger partial charge in [0.15, 0.2) is 0 Å². The summed E-state index contributed by atoms with van der Waals surface area (Å²) in [7, 11) is 0. The molecule has 0 aromatic heterocycles. The Morgan fingerprint density at radius 1 is 1.62 bits per heavy atom. The summed E-state index contributed by atoms with van der Waals surface area (Å²) in [4.78, 5) is 20.7. The molecule has 0 heterocycles. The first-order chi connectivity index (χ1) is 6.04. The highest BCUT2D eigenvalue weighted by Gasteiger charge is 2.10. The van der Waals surface area contributed by atoms with Gasteiger partial charge in [0.1, 0.15) is 6.04 Å². The van der Waals surface area contributed by atoms with Crippen LogP contribution in [0.2, 0.25) is 0 Å². The van der Waals surface area contributed by atoms with Crippen LogP contribution in [0.1, 0.15) is 6.92 Å². The van der Waals surface area contributed by atoms with Crippen LogP contribution in [0.5, 0.6) is 0 Å². The molecule has 0 aromatic rings. The second-order valence-electron chi connectivity index (χ2n) is 2.50. The average Bonchev–Trinajstić information content (AvgIpc) is 2.02. The molecular formula is C7H14N2O3S. The Kier molecular flexibility index (Phi) is 6.34. The fourth-order valence-corrected chi connectivity index (χ4v) is 1.39. The van der Waals surface area contributed by atoms with Crippen LogP contribution < -0.4 is 11.1 Å². The molecule has 0 saturated carbocycles. The third-order valence-electron chi connectivity index (χ3n) is 1.23. The SMILES string of the molecule is CC(=O)NCCSC[C@H](N)C(=O)O. The van der Waals surface area contributed by atoms with Gasteiger partial charge in [-0.15, -0.1) is 0 Å². The van der Waals surface area contributed by atoms with Gasteiger partial charge in [0.05, 0.1) is 0 Å². The third kappa shape index (κ3) is 7.61. The highest BCUT2D eigenvalue weighted by molar-refractivity contribution is 7.99. The quantitative estimate of drug-likeness (QED) is 0.498. The molecule has 0 aliphatic carbocycles. The van der Waals surface area contributed by atoms with E-state index in [-0.39, 0.29) is 5.91 Å². The van der Waals surface area contributed by atoms with E-state index in [0.717, 1.165) is 0 Å². The van der Waals surface area contributed by atoms with Crippen molar-refractivity contribution in [2.45, 2.75) is 13.0 Å². The smallest absolute Gasteiger partial charge is 0.321 e. The molecule has 0 aliphatic heterocycles. The molecule has 1 atom stereocenters. The molecule has 0 radical (unpaired) electrons. The highest BCUT2D eigenvalue weighted by atomic mass is 32.2. The molecule has 0 spiro atoms. The molecule has 4 N–H and O–H groups in total. The van der Waals surface area contributed by atoms with Crippen molar-refractivity contribution in [3.8, 4) is 0 Å². The van der Waals surface area contributed by atoms with E-state index in [0.29, 0.717) is 18.1 Å². The van der Waals surface area contributed by atoms with Crippen molar-refractivity contribution in [3.63, 3.8) is 0 Å². The van der Waals surface area contributed by atoms with Crippen molar-refractivity contribution in [2.24, 2.45) is 5.73 Å². The van der Waals surface area contributed by atoms with Crippen molar-refractivity contribution in [1.29, 1.82) is 0 Å². The summed E-state index contributed by atoms with van der Waals surface area (Å²) >= 11 is 1.41. The van der Waals surface area contributed by atoms with Crippen molar-refractivity contribution in [2.75, 3.05) is 18.1 Å². The Morgan fingerprint density at radius 2 is 2.23 bits per heavy atom. The zero-order chi connectivity index (χ0) is 10.3. The summed E-state index contributed by atoms with van der Waals surface area (Å²) < 4.78 is 0. The van der Waals surface area contributed by atoms with Crippen molar-refractivity contribution >= 4 is 23.6 Å².